The van der Waals surface area contributed by atoms with E-state index in [4.69, 9.17) is 18.0 Å². The maximum absolute atomic E-state index is 12.8. The fraction of sp³-hybridized carbons (Fsp3) is 0.250. The zero-order chi connectivity index (χ0) is 13.8. The smallest absolute Gasteiger partial charge is 0.382 e. The van der Waals surface area contributed by atoms with Gasteiger partial charge in [0, 0.05) is 10.6 Å². The van der Waals surface area contributed by atoms with Crippen LogP contribution in [0.3, 0.4) is 0 Å². The Morgan fingerprint density at radius 3 is 2.72 bits per heavy atom. The predicted octanol–water partition coefficient (Wildman–Crippen LogP) is 3.73. The Hall–Kier alpha value is -1.67. The fourth-order valence-corrected chi connectivity index (χ4v) is 1.45. The molecule has 0 heterocycles. The molecule has 0 bridgehead atoms. The van der Waals surface area contributed by atoms with Crippen LogP contribution in [0, 0.1) is 12.3 Å². The SMILES string of the molecule is C#CCON=C(C)c1cc(Cl)ccc1C(F)(F)F. The van der Waals surface area contributed by atoms with Crippen molar-refractivity contribution >= 4 is 17.3 Å². The maximum Gasteiger partial charge on any atom is 0.417 e. The van der Waals surface area contributed by atoms with Gasteiger partial charge in [0.25, 0.3) is 0 Å². The summed E-state index contributed by atoms with van der Waals surface area (Å²) in [7, 11) is 0. The van der Waals surface area contributed by atoms with Crippen LogP contribution < -0.4 is 0 Å². The minimum Gasteiger partial charge on any atom is -0.382 e. The fourth-order valence-electron chi connectivity index (χ4n) is 1.28. The Bertz CT molecular complexity index is 503. The number of oxime groups is 1. The highest BCUT2D eigenvalue weighted by Gasteiger charge is 2.34. The first kappa shape index (κ1) is 14.4. The van der Waals surface area contributed by atoms with E-state index in [2.05, 4.69) is 15.9 Å². The molecule has 0 unspecified atom stereocenters. The van der Waals surface area contributed by atoms with Gasteiger partial charge < -0.3 is 4.84 Å². The Morgan fingerprint density at radius 2 is 2.17 bits per heavy atom. The van der Waals surface area contributed by atoms with Gasteiger partial charge in [-0.15, -0.1) is 6.42 Å². The van der Waals surface area contributed by atoms with Gasteiger partial charge in [0.1, 0.15) is 0 Å². The lowest BCUT2D eigenvalue weighted by Gasteiger charge is -2.12. The number of benzene rings is 1. The molecule has 0 amide bonds. The summed E-state index contributed by atoms with van der Waals surface area (Å²) in [5, 5.41) is 3.70. The van der Waals surface area contributed by atoms with Crippen molar-refractivity contribution in [2.45, 2.75) is 13.1 Å². The van der Waals surface area contributed by atoms with Crippen LogP contribution in [0.15, 0.2) is 23.4 Å². The predicted molar refractivity (Wildman–Crippen MR) is 63.5 cm³/mol. The van der Waals surface area contributed by atoms with E-state index in [1.165, 1.54) is 19.1 Å². The average molecular weight is 276 g/mol. The second kappa shape index (κ2) is 5.78. The Balaban J connectivity index is 3.18. The van der Waals surface area contributed by atoms with Crippen molar-refractivity contribution in [2.75, 3.05) is 6.61 Å². The van der Waals surface area contributed by atoms with E-state index in [0.717, 1.165) is 6.07 Å². The van der Waals surface area contributed by atoms with Gasteiger partial charge in [-0.2, -0.15) is 13.2 Å². The Morgan fingerprint density at radius 1 is 1.50 bits per heavy atom. The van der Waals surface area contributed by atoms with Gasteiger partial charge in [-0.05, 0) is 25.1 Å². The van der Waals surface area contributed by atoms with Crippen molar-refractivity contribution in [2.24, 2.45) is 5.16 Å². The van der Waals surface area contributed by atoms with Crippen LogP contribution >= 0.6 is 11.6 Å². The van der Waals surface area contributed by atoms with Crippen LogP contribution in [0.4, 0.5) is 13.2 Å². The number of hydrogen-bond acceptors (Lipinski definition) is 2. The highest BCUT2D eigenvalue weighted by atomic mass is 35.5. The quantitative estimate of drug-likeness (QED) is 0.356. The van der Waals surface area contributed by atoms with Crippen molar-refractivity contribution in [3.05, 3.63) is 34.3 Å². The van der Waals surface area contributed by atoms with E-state index in [1.807, 2.05) is 0 Å². The lowest BCUT2D eigenvalue weighted by Crippen LogP contribution is -2.12. The van der Waals surface area contributed by atoms with Gasteiger partial charge in [0.05, 0.1) is 11.3 Å². The van der Waals surface area contributed by atoms with Gasteiger partial charge in [-0.1, -0.05) is 22.7 Å². The molecule has 0 saturated carbocycles. The molecular weight excluding hydrogens is 267 g/mol. The first-order valence-corrected chi connectivity index (χ1v) is 5.21. The third-order valence-corrected chi connectivity index (χ3v) is 2.26. The van der Waals surface area contributed by atoms with E-state index in [-0.39, 0.29) is 22.9 Å². The van der Waals surface area contributed by atoms with Gasteiger partial charge in [-0.3, -0.25) is 0 Å². The van der Waals surface area contributed by atoms with Crippen LogP contribution in [0.25, 0.3) is 0 Å². The number of nitrogens with zero attached hydrogens (tertiary/aromatic N) is 1. The molecule has 0 atom stereocenters. The third-order valence-electron chi connectivity index (χ3n) is 2.03. The third kappa shape index (κ3) is 3.67. The van der Waals surface area contributed by atoms with E-state index >= 15 is 0 Å². The number of hydrogen-bond donors (Lipinski definition) is 0. The van der Waals surface area contributed by atoms with Crippen molar-refractivity contribution in [3.8, 4) is 12.3 Å². The first-order valence-electron chi connectivity index (χ1n) is 4.83. The highest BCUT2D eigenvalue weighted by Crippen LogP contribution is 2.33. The zero-order valence-corrected chi connectivity index (χ0v) is 10.1. The number of alkyl halides is 3. The molecule has 0 N–H and O–H groups in total. The summed E-state index contributed by atoms with van der Waals surface area (Å²) in [6.45, 7) is 1.27. The molecule has 0 fully saturated rings. The summed E-state index contributed by atoms with van der Waals surface area (Å²) in [6, 6.07) is 3.25. The minimum absolute atomic E-state index is 0.0556. The molecule has 2 nitrogen and oxygen atoms in total. The molecule has 0 spiro atoms. The van der Waals surface area contributed by atoms with Gasteiger partial charge in [0.2, 0.25) is 0 Å². The van der Waals surface area contributed by atoms with Crippen molar-refractivity contribution in [1.29, 1.82) is 0 Å². The molecular formula is C12H9ClF3NO. The van der Waals surface area contributed by atoms with E-state index in [1.54, 1.807) is 0 Å². The highest BCUT2D eigenvalue weighted by molar-refractivity contribution is 6.31. The molecule has 0 aromatic heterocycles. The zero-order valence-electron chi connectivity index (χ0n) is 9.38. The van der Waals surface area contributed by atoms with Crippen LogP contribution in [-0.2, 0) is 11.0 Å². The molecule has 0 aliphatic heterocycles. The number of halogens is 4. The summed E-state index contributed by atoms with van der Waals surface area (Å²) >= 11 is 5.68. The largest absolute Gasteiger partial charge is 0.417 e. The monoisotopic (exact) mass is 275 g/mol. The summed E-state index contributed by atoms with van der Waals surface area (Å²) < 4.78 is 38.3. The molecule has 0 saturated heterocycles. The summed E-state index contributed by atoms with van der Waals surface area (Å²) in [5.74, 6) is 2.15. The minimum atomic E-state index is -4.48. The second-order valence-electron chi connectivity index (χ2n) is 3.34. The van der Waals surface area contributed by atoms with Crippen molar-refractivity contribution in [1.82, 2.24) is 0 Å². The van der Waals surface area contributed by atoms with Crippen LogP contribution in [0.1, 0.15) is 18.1 Å². The average Bonchev–Trinajstić information content (AvgIpc) is 2.27. The molecule has 0 aliphatic carbocycles. The first-order chi connectivity index (χ1) is 8.36. The lowest BCUT2D eigenvalue weighted by molar-refractivity contribution is -0.137. The Kier molecular flexibility index (Phi) is 4.62. The molecule has 6 heteroatoms. The standard InChI is InChI=1S/C12H9ClF3NO/c1-3-6-18-17-8(2)10-7-9(13)4-5-11(10)12(14,15)16/h1,4-5,7H,6H2,2H3. The van der Waals surface area contributed by atoms with E-state index in [0.29, 0.717) is 0 Å². The Labute approximate surface area is 107 Å². The number of terminal acetylenes is 1. The van der Waals surface area contributed by atoms with Crippen LogP contribution in [0.2, 0.25) is 5.02 Å². The summed E-state index contributed by atoms with van der Waals surface area (Å²) in [6.07, 6.45) is 0.448. The van der Waals surface area contributed by atoms with Gasteiger partial charge in [-0.25, -0.2) is 0 Å². The van der Waals surface area contributed by atoms with Crippen LogP contribution in [0.5, 0.6) is 0 Å². The lowest BCUT2D eigenvalue weighted by atomic mass is 10.0. The normalized spacial score (nSPS) is 12.1. The summed E-state index contributed by atoms with van der Waals surface area (Å²) in [4.78, 5) is 4.65. The van der Waals surface area contributed by atoms with E-state index < -0.39 is 11.7 Å². The van der Waals surface area contributed by atoms with Gasteiger partial charge >= 0.3 is 6.18 Å². The molecule has 96 valence electrons. The second-order valence-corrected chi connectivity index (χ2v) is 3.78. The maximum atomic E-state index is 12.8. The topological polar surface area (TPSA) is 21.6 Å². The molecule has 0 radical (unpaired) electrons. The van der Waals surface area contributed by atoms with E-state index in [9.17, 15) is 13.2 Å². The van der Waals surface area contributed by atoms with Crippen molar-refractivity contribution in [3.63, 3.8) is 0 Å². The summed E-state index contributed by atoms with van der Waals surface area (Å²) in [5.41, 5.74) is -0.899. The molecule has 1 rings (SSSR count). The number of rotatable bonds is 3. The molecule has 18 heavy (non-hydrogen) atoms. The molecule has 1 aromatic rings. The molecule has 1 aromatic carbocycles. The van der Waals surface area contributed by atoms with Crippen molar-refractivity contribution < 1.29 is 18.0 Å². The molecule has 0 aliphatic rings. The van der Waals surface area contributed by atoms with Gasteiger partial charge in [0.15, 0.2) is 6.61 Å². The van der Waals surface area contributed by atoms with Crippen LogP contribution in [-0.4, -0.2) is 12.3 Å².